The van der Waals surface area contributed by atoms with E-state index in [2.05, 4.69) is 14.9 Å². The predicted molar refractivity (Wildman–Crippen MR) is 52.7 cm³/mol. The van der Waals surface area contributed by atoms with E-state index in [9.17, 15) is 5.11 Å². The molecule has 1 aromatic rings. The summed E-state index contributed by atoms with van der Waals surface area (Å²) in [7, 11) is 2.01. The van der Waals surface area contributed by atoms with Gasteiger partial charge < -0.3 is 10.0 Å². The van der Waals surface area contributed by atoms with Crippen LogP contribution >= 0.6 is 0 Å². The van der Waals surface area contributed by atoms with Crippen LogP contribution in [-0.4, -0.2) is 40.1 Å². The lowest BCUT2D eigenvalue weighted by Gasteiger charge is -2.35. The van der Waals surface area contributed by atoms with E-state index < -0.39 is 5.60 Å². The van der Waals surface area contributed by atoms with E-state index in [4.69, 9.17) is 0 Å². The van der Waals surface area contributed by atoms with Crippen molar-refractivity contribution in [1.29, 1.82) is 0 Å². The second-order valence-corrected chi connectivity index (χ2v) is 3.95. The van der Waals surface area contributed by atoms with E-state index in [-0.39, 0.29) is 0 Å². The summed E-state index contributed by atoms with van der Waals surface area (Å²) in [6.45, 7) is 1.66. The first-order chi connectivity index (χ1) is 6.71. The summed E-state index contributed by atoms with van der Waals surface area (Å²) in [6.07, 6.45) is 5.09. The highest BCUT2D eigenvalue weighted by molar-refractivity contribution is 5.04. The molecule has 2 heterocycles. The highest BCUT2D eigenvalue weighted by Crippen LogP contribution is 2.27. The van der Waals surface area contributed by atoms with Crippen molar-refractivity contribution in [1.82, 2.24) is 14.9 Å². The standard InChI is InChI=1S/C10H15N3O/c1-13-7-2-4-10(14,8-13)9-11-5-3-6-12-9/h3,5-6,14H,2,4,7-8H2,1H3. The molecule has 0 aliphatic carbocycles. The Labute approximate surface area is 83.6 Å². The van der Waals surface area contributed by atoms with Gasteiger partial charge >= 0.3 is 0 Å². The minimum atomic E-state index is -0.853. The molecule has 1 N–H and O–H groups in total. The van der Waals surface area contributed by atoms with Gasteiger partial charge in [-0.3, -0.25) is 0 Å². The van der Waals surface area contributed by atoms with Gasteiger partial charge in [-0.25, -0.2) is 9.97 Å². The molecule has 76 valence electrons. The zero-order valence-electron chi connectivity index (χ0n) is 8.35. The minimum Gasteiger partial charge on any atom is -0.380 e. The molecule has 2 rings (SSSR count). The number of aliphatic hydroxyl groups is 1. The molecule has 1 fully saturated rings. The lowest BCUT2D eigenvalue weighted by molar-refractivity contribution is -0.0349. The summed E-state index contributed by atoms with van der Waals surface area (Å²) >= 11 is 0. The van der Waals surface area contributed by atoms with E-state index in [0.29, 0.717) is 12.4 Å². The Morgan fingerprint density at radius 2 is 2.14 bits per heavy atom. The van der Waals surface area contributed by atoms with Crippen molar-refractivity contribution in [2.75, 3.05) is 20.1 Å². The van der Waals surface area contributed by atoms with Crippen LogP contribution in [0.3, 0.4) is 0 Å². The van der Waals surface area contributed by atoms with Crippen LogP contribution in [0, 0.1) is 0 Å². The molecule has 0 radical (unpaired) electrons. The van der Waals surface area contributed by atoms with Crippen LogP contribution in [0.25, 0.3) is 0 Å². The molecular formula is C10H15N3O. The van der Waals surface area contributed by atoms with Gasteiger partial charge in [0.15, 0.2) is 5.82 Å². The Balaban J connectivity index is 2.23. The van der Waals surface area contributed by atoms with Crippen LogP contribution in [0.4, 0.5) is 0 Å². The van der Waals surface area contributed by atoms with Crippen LogP contribution in [0.2, 0.25) is 0 Å². The fourth-order valence-electron chi connectivity index (χ4n) is 1.97. The smallest absolute Gasteiger partial charge is 0.161 e. The molecule has 1 atom stereocenters. The Morgan fingerprint density at radius 1 is 1.43 bits per heavy atom. The van der Waals surface area contributed by atoms with Gasteiger partial charge in [0.25, 0.3) is 0 Å². The third-order valence-electron chi connectivity index (χ3n) is 2.64. The number of hydrogen-bond acceptors (Lipinski definition) is 4. The Kier molecular flexibility index (Phi) is 2.48. The maximum absolute atomic E-state index is 10.3. The van der Waals surface area contributed by atoms with Crippen molar-refractivity contribution in [3.63, 3.8) is 0 Å². The van der Waals surface area contributed by atoms with Crippen molar-refractivity contribution in [3.05, 3.63) is 24.3 Å². The van der Waals surface area contributed by atoms with Gasteiger partial charge in [-0.1, -0.05) is 0 Å². The first-order valence-corrected chi connectivity index (χ1v) is 4.89. The van der Waals surface area contributed by atoms with Crippen molar-refractivity contribution in [2.24, 2.45) is 0 Å². The SMILES string of the molecule is CN1CCCC(O)(c2ncccn2)C1. The van der Waals surface area contributed by atoms with Crippen molar-refractivity contribution >= 4 is 0 Å². The lowest BCUT2D eigenvalue weighted by Crippen LogP contribution is -2.45. The van der Waals surface area contributed by atoms with Crippen molar-refractivity contribution < 1.29 is 5.11 Å². The molecule has 0 aromatic carbocycles. The number of hydrogen-bond donors (Lipinski definition) is 1. The molecule has 0 spiro atoms. The average molecular weight is 193 g/mol. The number of aromatic nitrogens is 2. The summed E-state index contributed by atoms with van der Waals surface area (Å²) in [5.74, 6) is 0.548. The Bertz CT molecular complexity index is 303. The lowest BCUT2D eigenvalue weighted by atomic mass is 9.92. The summed E-state index contributed by atoms with van der Waals surface area (Å²) < 4.78 is 0. The zero-order valence-corrected chi connectivity index (χ0v) is 8.35. The van der Waals surface area contributed by atoms with Crippen molar-refractivity contribution in [3.8, 4) is 0 Å². The van der Waals surface area contributed by atoms with Gasteiger partial charge in [0, 0.05) is 18.9 Å². The molecule has 0 amide bonds. The quantitative estimate of drug-likeness (QED) is 0.701. The second kappa shape index (κ2) is 3.63. The molecular weight excluding hydrogens is 178 g/mol. The number of rotatable bonds is 1. The molecule has 0 bridgehead atoms. The van der Waals surface area contributed by atoms with Gasteiger partial charge in [0.2, 0.25) is 0 Å². The largest absolute Gasteiger partial charge is 0.380 e. The van der Waals surface area contributed by atoms with Crippen LogP contribution in [0.1, 0.15) is 18.7 Å². The molecule has 1 unspecified atom stereocenters. The van der Waals surface area contributed by atoms with E-state index in [1.807, 2.05) is 7.05 Å². The highest BCUT2D eigenvalue weighted by Gasteiger charge is 2.35. The van der Waals surface area contributed by atoms with Crippen molar-refractivity contribution in [2.45, 2.75) is 18.4 Å². The summed E-state index contributed by atoms with van der Waals surface area (Å²) in [4.78, 5) is 10.4. The van der Waals surface area contributed by atoms with Crippen LogP contribution in [0.15, 0.2) is 18.5 Å². The molecule has 1 aliphatic heterocycles. The summed E-state index contributed by atoms with van der Waals surface area (Å²) in [6, 6.07) is 1.76. The third-order valence-corrected chi connectivity index (χ3v) is 2.64. The number of piperidine rings is 1. The fraction of sp³-hybridized carbons (Fsp3) is 0.600. The normalized spacial score (nSPS) is 29.0. The van der Waals surface area contributed by atoms with Gasteiger partial charge in [-0.05, 0) is 32.5 Å². The number of likely N-dealkylation sites (N-methyl/N-ethyl adjacent to an activating group) is 1. The molecule has 14 heavy (non-hydrogen) atoms. The minimum absolute atomic E-state index is 0.548. The number of β-amino-alcohol motifs (C(OH)–C–C–N with tert-alkyl or cyclic N) is 1. The van der Waals surface area contributed by atoms with Gasteiger partial charge in [0.05, 0.1) is 0 Å². The molecule has 4 nitrogen and oxygen atoms in total. The van der Waals surface area contributed by atoms with E-state index in [1.54, 1.807) is 18.5 Å². The maximum atomic E-state index is 10.3. The van der Waals surface area contributed by atoms with E-state index in [1.165, 1.54) is 0 Å². The van der Waals surface area contributed by atoms with E-state index in [0.717, 1.165) is 19.4 Å². The monoisotopic (exact) mass is 193 g/mol. The van der Waals surface area contributed by atoms with E-state index >= 15 is 0 Å². The Morgan fingerprint density at radius 3 is 2.79 bits per heavy atom. The first kappa shape index (κ1) is 9.55. The topological polar surface area (TPSA) is 49.2 Å². The number of nitrogens with zero attached hydrogens (tertiary/aromatic N) is 3. The second-order valence-electron chi connectivity index (χ2n) is 3.95. The Hall–Kier alpha value is -1.00. The number of likely N-dealkylation sites (tertiary alicyclic amines) is 1. The fourth-order valence-corrected chi connectivity index (χ4v) is 1.97. The summed E-state index contributed by atoms with van der Waals surface area (Å²) in [5, 5.41) is 10.3. The van der Waals surface area contributed by atoms with Gasteiger partial charge in [-0.2, -0.15) is 0 Å². The molecule has 4 heteroatoms. The highest BCUT2D eigenvalue weighted by atomic mass is 16.3. The van der Waals surface area contributed by atoms with Gasteiger partial charge in [0.1, 0.15) is 5.60 Å². The van der Waals surface area contributed by atoms with Crippen LogP contribution in [0.5, 0.6) is 0 Å². The average Bonchev–Trinajstić information content (AvgIpc) is 2.19. The van der Waals surface area contributed by atoms with Gasteiger partial charge in [-0.15, -0.1) is 0 Å². The molecule has 1 saturated heterocycles. The van der Waals surface area contributed by atoms with Crippen LogP contribution in [-0.2, 0) is 5.60 Å². The molecule has 0 saturated carbocycles. The zero-order chi connectivity index (χ0) is 10.0. The van der Waals surface area contributed by atoms with Crippen LogP contribution < -0.4 is 0 Å². The summed E-state index contributed by atoms with van der Waals surface area (Å²) in [5.41, 5.74) is -0.853. The first-order valence-electron chi connectivity index (χ1n) is 4.89. The third kappa shape index (κ3) is 1.76. The molecule has 1 aliphatic rings. The maximum Gasteiger partial charge on any atom is 0.161 e. The predicted octanol–water partition coefficient (Wildman–Crippen LogP) is 0.390. The molecule has 1 aromatic heterocycles.